The SMILES string of the molecule is Cc1cc(C)c(-c2cc(C(F)(F)F)c(F)c([C@@H](N)CC(=O)O)c2F)c(C)c1. The average molecular weight is 387 g/mol. The standard InChI is InChI=1S/C19H18F5NO2/c1-8-4-9(2)15(10(3)5-8)11-6-12(19(22,23)24)18(21)16(17(11)20)13(25)7-14(26)27/h4-6,13H,7,25H2,1-3H3,(H,26,27)/t13-/m0/s1. The molecule has 27 heavy (non-hydrogen) atoms. The fourth-order valence-corrected chi connectivity index (χ4v) is 3.27. The van der Waals surface area contributed by atoms with E-state index in [9.17, 15) is 22.4 Å². The molecule has 2 aromatic rings. The first-order valence-electron chi connectivity index (χ1n) is 7.99. The van der Waals surface area contributed by atoms with Crippen LogP contribution in [0.2, 0.25) is 0 Å². The molecule has 0 saturated heterocycles. The second-order valence-corrected chi connectivity index (χ2v) is 6.49. The Balaban J connectivity index is 2.89. The Morgan fingerprint density at radius 3 is 2.04 bits per heavy atom. The van der Waals surface area contributed by atoms with Crippen LogP contribution < -0.4 is 5.73 Å². The van der Waals surface area contributed by atoms with E-state index in [1.54, 1.807) is 32.9 Å². The molecule has 8 heteroatoms. The molecule has 0 saturated carbocycles. The first-order chi connectivity index (χ1) is 12.3. The van der Waals surface area contributed by atoms with Gasteiger partial charge in [0.1, 0.15) is 11.6 Å². The van der Waals surface area contributed by atoms with Crippen molar-refractivity contribution >= 4 is 5.97 Å². The van der Waals surface area contributed by atoms with Crippen molar-refractivity contribution in [1.29, 1.82) is 0 Å². The summed E-state index contributed by atoms with van der Waals surface area (Å²) >= 11 is 0. The predicted molar refractivity (Wildman–Crippen MR) is 90.2 cm³/mol. The second-order valence-electron chi connectivity index (χ2n) is 6.49. The lowest BCUT2D eigenvalue weighted by molar-refractivity contribution is -0.140. The fraction of sp³-hybridized carbons (Fsp3) is 0.316. The van der Waals surface area contributed by atoms with Crippen molar-refractivity contribution in [2.24, 2.45) is 5.73 Å². The van der Waals surface area contributed by atoms with E-state index in [2.05, 4.69) is 0 Å². The van der Waals surface area contributed by atoms with Crippen LogP contribution in [0.15, 0.2) is 18.2 Å². The Labute approximate surface area is 152 Å². The number of aryl methyl sites for hydroxylation is 3. The first-order valence-corrected chi connectivity index (χ1v) is 7.99. The van der Waals surface area contributed by atoms with Crippen LogP contribution in [0.3, 0.4) is 0 Å². The van der Waals surface area contributed by atoms with Crippen molar-refractivity contribution in [3.05, 3.63) is 57.7 Å². The van der Waals surface area contributed by atoms with E-state index in [4.69, 9.17) is 10.8 Å². The summed E-state index contributed by atoms with van der Waals surface area (Å²) in [4.78, 5) is 10.8. The molecule has 0 bridgehead atoms. The van der Waals surface area contributed by atoms with Crippen molar-refractivity contribution < 1.29 is 31.9 Å². The summed E-state index contributed by atoms with van der Waals surface area (Å²) in [6.07, 6.45) is -6.02. The molecule has 3 N–H and O–H groups in total. The maximum absolute atomic E-state index is 15.1. The summed E-state index contributed by atoms with van der Waals surface area (Å²) in [7, 11) is 0. The van der Waals surface area contributed by atoms with Gasteiger partial charge in [0, 0.05) is 17.2 Å². The van der Waals surface area contributed by atoms with Gasteiger partial charge in [-0.05, 0) is 43.5 Å². The number of carbonyl (C=O) groups is 1. The molecule has 3 nitrogen and oxygen atoms in total. The van der Waals surface area contributed by atoms with Gasteiger partial charge in [0.25, 0.3) is 0 Å². The number of carboxylic acid groups (broad SMARTS) is 1. The molecule has 0 spiro atoms. The number of nitrogens with two attached hydrogens (primary N) is 1. The Morgan fingerprint density at radius 1 is 1.07 bits per heavy atom. The van der Waals surface area contributed by atoms with E-state index >= 15 is 4.39 Å². The molecule has 0 heterocycles. The zero-order chi connectivity index (χ0) is 20.7. The number of hydrogen-bond donors (Lipinski definition) is 2. The summed E-state index contributed by atoms with van der Waals surface area (Å²) < 4.78 is 69.5. The lowest BCUT2D eigenvalue weighted by Gasteiger charge is -2.21. The summed E-state index contributed by atoms with van der Waals surface area (Å²) in [6.45, 7) is 4.98. The molecule has 0 unspecified atom stereocenters. The van der Waals surface area contributed by atoms with Crippen molar-refractivity contribution in [3.8, 4) is 11.1 Å². The van der Waals surface area contributed by atoms with Gasteiger partial charge < -0.3 is 10.8 Å². The van der Waals surface area contributed by atoms with Crippen molar-refractivity contribution in [2.45, 2.75) is 39.4 Å². The van der Waals surface area contributed by atoms with Crippen molar-refractivity contribution in [2.75, 3.05) is 0 Å². The van der Waals surface area contributed by atoms with Crippen LogP contribution in [0.25, 0.3) is 11.1 Å². The Hall–Kier alpha value is -2.48. The van der Waals surface area contributed by atoms with E-state index in [1.807, 2.05) is 0 Å². The van der Waals surface area contributed by atoms with Gasteiger partial charge in [0.05, 0.1) is 12.0 Å². The number of aliphatic carboxylic acids is 1. The monoisotopic (exact) mass is 387 g/mol. The summed E-state index contributed by atoms with van der Waals surface area (Å²) in [6, 6.07) is 1.96. The third-order valence-electron chi connectivity index (χ3n) is 4.25. The van der Waals surface area contributed by atoms with Crippen molar-refractivity contribution in [1.82, 2.24) is 0 Å². The van der Waals surface area contributed by atoms with Gasteiger partial charge in [0.15, 0.2) is 0 Å². The molecule has 0 aliphatic heterocycles. The molecular formula is C19H18F5NO2. The number of carboxylic acids is 1. The fourth-order valence-electron chi connectivity index (χ4n) is 3.27. The molecule has 1 atom stereocenters. The molecule has 0 fully saturated rings. The van der Waals surface area contributed by atoms with Gasteiger partial charge in [-0.1, -0.05) is 17.7 Å². The van der Waals surface area contributed by atoms with Crippen LogP contribution in [0.5, 0.6) is 0 Å². The topological polar surface area (TPSA) is 63.3 Å². The Bertz CT molecular complexity index is 883. The minimum atomic E-state index is -5.10. The van der Waals surface area contributed by atoms with Gasteiger partial charge in [-0.15, -0.1) is 0 Å². The zero-order valence-corrected chi connectivity index (χ0v) is 14.8. The molecule has 0 radical (unpaired) electrons. The van der Waals surface area contributed by atoms with Crippen LogP contribution in [0, 0.1) is 32.4 Å². The van der Waals surface area contributed by atoms with Crippen LogP contribution in [-0.4, -0.2) is 11.1 Å². The van der Waals surface area contributed by atoms with Gasteiger partial charge in [-0.25, -0.2) is 8.78 Å². The van der Waals surface area contributed by atoms with Crippen LogP contribution in [0.4, 0.5) is 22.0 Å². The normalized spacial score (nSPS) is 12.9. The van der Waals surface area contributed by atoms with Crippen LogP contribution in [-0.2, 0) is 11.0 Å². The maximum atomic E-state index is 15.1. The number of benzene rings is 2. The molecule has 0 aliphatic rings. The smallest absolute Gasteiger partial charge is 0.419 e. The molecule has 146 valence electrons. The van der Waals surface area contributed by atoms with E-state index in [0.29, 0.717) is 17.2 Å². The highest BCUT2D eigenvalue weighted by atomic mass is 19.4. The summed E-state index contributed by atoms with van der Waals surface area (Å²) in [5, 5.41) is 8.81. The van der Waals surface area contributed by atoms with Crippen LogP contribution in [0.1, 0.15) is 40.3 Å². The van der Waals surface area contributed by atoms with E-state index in [0.717, 1.165) is 5.56 Å². The molecular weight excluding hydrogens is 369 g/mol. The summed E-state index contributed by atoms with van der Waals surface area (Å²) in [5.41, 5.74) is 4.32. The number of hydrogen-bond acceptors (Lipinski definition) is 2. The van der Waals surface area contributed by atoms with E-state index in [-0.39, 0.29) is 5.56 Å². The minimum Gasteiger partial charge on any atom is -0.481 e. The van der Waals surface area contributed by atoms with Crippen LogP contribution >= 0.6 is 0 Å². The van der Waals surface area contributed by atoms with Gasteiger partial charge in [-0.2, -0.15) is 13.2 Å². The molecule has 0 amide bonds. The predicted octanol–water partition coefficient (Wildman–Crippen LogP) is 5.05. The average Bonchev–Trinajstić information content (AvgIpc) is 2.46. The maximum Gasteiger partial charge on any atom is 0.419 e. The minimum absolute atomic E-state index is 0.187. The number of rotatable bonds is 4. The largest absolute Gasteiger partial charge is 0.481 e. The highest BCUT2D eigenvalue weighted by molar-refractivity contribution is 5.74. The highest BCUT2D eigenvalue weighted by Crippen LogP contribution is 2.41. The van der Waals surface area contributed by atoms with Crippen molar-refractivity contribution in [3.63, 3.8) is 0 Å². The number of alkyl halides is 3. The number of halogens is 5. The molecule has 0 aliphatic carbocycles. The lowest BCUT2D eigenvalue weighted by Crippen LogP contribution is -2.21. The molecule has 0 aromatic heterocycles. The Morgan fingerprint density at radius 2 is 1.59 bits per heavy atom. The van der Waals surface area contributed by atoms with Gasteiger partial charge in [0.2, 0.25) is 0 Å². The molecule has 2 aromatic carbocycles. The lowest BCUT2D eigenvalue weighted by atomic mass is 9.88. The third kappa shape index (κ3) is 4.10. The zero-order valence-electron chi connectivity index (χ0n) is 14.8. The van der Waals surface area contributed by atoms with E-state index < -0.39 is 52.9 Å². The molecule has 2 rings (SSSR count). The third-order valence-corrected chi connectivity index (χ3v) is 4.25. The summed E-state index contributed by atoms with van der Waals surface area (Å²) in [5.74, 6) is -4.66. The van der Waals surface area contributed by atoms with Gasteiger partial charge >= 0.3 is 12.1 Å². The second kappa shape index (κ2) is 7.26. The Kier molecular flexibility index (Phi) is 5.60. The van der Waals surface area contributed by atoms with Gasteiger partial charge in [-0.3, -0.25) is 4.79 Å². The first kappa shape index (κ1) is 20.8. The quantitative estimate of drug-likeness (QED) is 0.722. The highest BCUT2D eigenvalue weighted by Gasteiger charge is 2.38. The van der Waals surface area contributed by atoms with E-state index in [1.165, 1.54) is 0 Å².